The standard InChI is InChI=1S/C21H13F3N4O3/c1-30-18-7-12(13-8-19(29)27-20-14(13)10-26-28-20)3-5-17(18)31-16-4-2-11(9-25)6-15(16)21(22,23)24/h2-8,10H,1H3,(H2,26,27,28,29). The first kappa shape index (κ1) is 20.0. The average molecular weight is 426 g/mol. The van der Waals surface area contributed by atoms with Crippen LogP contribution in [0.5, 0.6) is 17.2 Å². The molecule has 0 saturated carbocycles. The molecule has 7 nitrogen and oxygen atoms in total. The van der Waals surface area contributed by atoms with Gasteiger partial charge in [0, 0.05) is 17.6 Å². The van der Waals surface area contributed by atoms with Crippen LogP contribution >= 0.6 is 0 Å². The SMILES string of the molecule is COc1cc(-c2cc(=O)[nH]c3n[nH]cc23)ccc1Oc1ccc(C#N)cc1C(F)(F)F. The molecule has 156 valence electrons. The van der Waals surface area contributed by atoms with Crippen LogP contribution in [0.4, 0.5) is 13.2 Å². The maximum absolute atomic E-state index is 13.4. The zero-order valence-corrected chi connectivity index (χ0v) is 15.9. The number of methoxy groups -OCH3 is 1. The Hall–Kier alpha value is -4.26. The zero-order valence-electron chi connectivity index (χ0n) is 15.9. The summed E-state index contributed by atoms with van der Waals surface area (Å²) in [6, 6.07) is 10.7. The highest BCUT2D eigenvalue weighted by Crippen LogP contribution is 2.42. The van der Waals surface area contributed by atoms with Crippen LogP contribution in [0.15, 0.2) is 53.5 Å². The lowest BCUT2D eigenvalue weighted by atomic mass is 10.0. The number of hydrogen-bond acceptors (Lipinski definition) is 5. The number of hydrogen-bond donors (Lipinski definition) is 2. The molecule has 0 unspecified atom stereocenters. The van der Waals surface area contributed by atoms with Gasteiger partial charge in [-0.2, -0.15) is 23.5 Å². The van der Waals surface area contributed by atoms with E-state index in [-0.39, 0.29) is 22.6 Å². The molecule has 10 heteroatoms. The summed E-state index contributed by atoms with van der Waals surface area (Å²) in [5, 5.41) is 16.2. The number of benzene rings is 2. The number of pyridine rings is 1. The highest BCUT2D eigenvalue weighted by atomic mass is 19.4. The Kier molecular flexibility index (Phi) is 4.87. The number of fused-ring (bicyclic) bond motifs is 1. The molecule has 2 heterocycles. The van der Waals surface area contributed by atoms with Crippen LogP contribution in [0.25, 0.3) is 22.2 Å². The van der Waals surface area contributed by atoms with Gasteiger partial charge in [-0.3, -0.25) is 9.89 Å². The van der Waals surface area contributed by atoms with Crippen LogP contribution < -0.4 is 15.0 Å². The Balaban J connectivity index is 1.78. The number of rotatable bonds is 4. The van der Waals surface area contributed by atoms with E-state index in [1.807, 2.05) is 0 Å². The molecule has 4 rings (SSSR count). The second-order valence-electron chi connectivity index (χ2n) is 6.48. The van der Waals surface area contributed by atoms with Crippen molar-refractivity contribution in [1.29, 1.82) is 5.26 Å². The second-order valence-corrected chi connectivity index (χ2v) is 6.48. The largest absolute Gasteiger partial charge is 0.493 e. The molecule has 0 radical (unpaired) electrons. The van der Waals surface area contributed by atoms with Gasteiger partial charge in [0.15, 0.2) is 17.1 Å². The Morgan fingerprint density at radius 3 is 2.55 bits per heavy atom. The van der Waals surface area contributed by atoms with Gasteiger partial charge in [-0.1, -0.05) is 6.07 Å². The molecule has 2 N–H and O–H groups in total. The van der Waals surface area contributed by atoms with Crippen molar-refractivity contribution in [3.63, 3.8) is 0 Å². The van der Waals surface area contributed by atoms with Crippen LogP contribution in [-0.2, 0) is 6.18 Å². The number of nitrogens with one attached hydrogen (secondary N) is 2. The van der Waals surface area contributed by atoms with Gasteiger partial charge in [0.05, 0.1) is 24.3 Å². The molecule has 2 aromatic heterocycles. The first-order valence-corrected chi connectivity index (χ1v) is 8.84. The maximum Gasteiger partial charge on any atom is 0.420 e. The number of alkyl halides is 3. The summed E-state index contributed by atoms with van der Waals surface area (Å²) >= 11 is 0. The maximum atomic E-state index is 13.4. The summed E-state index contributed by atoms with van der Waals surface area (Å²) in [6.07, 6.45) is -3.10. The van der Waals surface area contributed by atoms with E-state index >= 15 is 0 Å². The fourth-order valence-corrected chi connectivity index (χ4v) is 3.14. The topological polar surface area (TPSA) is 104 Å². The fraction of sp³-hybridized carbons (Fsp3) is 0.0952. The number of halogens is 3. The second kappa shape index (κ2) is 7.53. The van der Waals surface area contributed by atoms with E-state index in [1.54, 1.807) is 24.4 Å². The third-order valence-electron chi connectivity index (χ3n) is 4.56. The molecule has 0 spiro atoms. The number of nitriles is 1. The first-order valence-electron chi connectivity index (χ1n) is 8.84. The average Bonchev–Trinajstić information content (AvgIpc) is 3.21. The lowest BCUT2D eigenvalue weighted by molar-refractivity contribution is -0.138. The molecule has 4 aromatic rings. The molecule has 0 bridgehead atoms. The minimum absolute atomic E-state index is 0.0368. The van der Waals surface area contributed by atoms with Crippen LogP contribution in [0.3, 0.4) is 0 Å². The van der Waals surface area contributed by atoms with Gasteiger partial charge < -0.3 is 14.5 Å². The Morgan fingerprint density at radius 2 is 1.84 bits per heavy atom. The van der Waals surface area contributed by atoms with E-state index in [9.17, 15) is 18.0 Å². The summed E-state index contributed by atoms with van der Waals surface area (Å²) in [7, 11) is 1.35. The van der Waals surface area contributed by atoms with Crippen LogP contribution in [0, 0.1) is 11.3 Å². The van der Waals surface area contributed by atoms with Gasteiger partial charge in [-0.25, -0.2) is 0 Å². The van der Waals surface area contributed by atoms with Crippen molar-refractivity contribution in [2.24, 2.45) is 0 Å². The molecular weight excluding hydrogens is 413 g/mol. The molecule has 0 aliphatic heterocycles. The molecule has 31 heavy (non-hydrogen) atoms. The normalized spacial score (nSPS) is 11.3. The predicted molar refractivity (Wildman–Crippen MR) is 105 cm³/mol. The van der Waals surface area contributed by atoms with Gasteiger partial charge in [0.1, 0.15) is 5.75 Å². The monoisotopic (exact) mass is 426 g/mol. The van der Waals surface area contributed by atoms with Crippen molar-refractivity contribution in [3.05, 3.63) is 70.1 Å². The molecule has 0 amide bonds. The lowest BCUT2D eigenvalue weighted by Crippen LogP contribution is -2.08. The minimum Gasteiger partial charge on any atom is -0.493 e. The van der Waals surface area contributed by atoms with Crippen LogP contribution in [0.1, 0.15) is 11.1 Å². The van der Waals surface area contributed by atoms with Crippen molar-refractivity contribution in [2.45, 2.75) is 6.18 Å². The zero-order chi connectivity index (χ0) is 22.2. The van der Waals surface area contributed by atoms with Gasteiger partial charge >= 0.3 is 6.18 Å². The van der Waals surface area contributed by atoms with E-state index in [1.165, 1.54) is 25.3 Å². The summed E-state index contributed by atoms with van der Waals surface area (Å²) in [4.78, 5) is 14.5. The van der Waals surface area contributed by atoms with E-state index < -0.39 is 17.5 Å². The molecule has 0 saturated heterocycles. The third-order valence-corrected chi connectivity index (χ3v) is 4.56. The van der Waals surface area contributed by atoms with Crippen molar-refractivity contribution < 1.29 is 22.6 Å². The highest BCUT2D eigenvalue weighted by Gasteiger charge is 2.35. The Morgan fingerprint density at radius 1 is 1.06 bits per heavy atom. The summed E-state index contributed by atoms with van der Waals surface area (Å²) < 4.78 is 51.1. The van der Waals surface area contributed by atoms with E-state index in [4.69, 9.17) is 14.7 Å². The third kappa shape index (κ3) is 3.81. The number of H-pyrrole nitrogens is 2. The minimum atomic E-state index is -4.71. The van der Waals surface area contributed by atoms with Gasteiger partial charge in [-0.05, 0) is 41.5 Å². The molecule has 0 fully saturated rings. The number of nitrogens with zero attached hydrogens (tertiary/aromatic N) is 2. The molecule has 0 aliphatic rings. The van der Waals surface area contributed by atoms with Gasteiger partial charge in [-0.15, -0.1) is 0 Å². The molecule has 0 atom stereocenters. The summed E-state index contributed by atoms with van der Waals surface area (Å²) in [6.45, 7) is 0. The fourth-order valence-electron chi connectivity index (χ4n) is 3.14. The Labute approximate surface area is 172 Å². The first-order chi connectivity index (χ1) is 14.8. The van der Waals surface area contributed by atoms with Crippen LogP contribution in [-0.4, -0.2) is 22.3 Å². The highest BCUT2D eigenvalue weighted by molar-refractivity contribution is 5.92. The molecule has 0 aliphatic carbocycles. The Bertz CT molecular complexity index is 1380. The van der Waals surface area contributed by atoms with Gasteiger partial charge in [0.25, 0.3) is 0 Å². The van der Waals surface area contributed by atoms with E-state index in [2.05, 4.69) is 15.2 Å². The quantitative estimate of drug-likeness (QED) is 0.496. The smallest absolute Gasteiger partial charge is 0.420 e. The summed E-state index contributed by atoms with van der Waals surface area (Å²) in [5.74, 6) is -0.271. The molecule has 2 aromatic carbocycles. The molecular formula is C21H13F3N4O3. The number of ether oxygens (including phenoxy) is 2. The van der Waals surface area contributed by atoms with E-state index in [0.717, 1.165) is 12.1 Å². The van der Waals surface area contributed by atoms with Crippen molar-refractivity contribution in [2.75, 3.05) is 7.11 Å². The van der Waals surface area contributed by atoms with Crippen LogP contribution in [0.2, 0.25) is 0 Å². The lowest BCUT2D eigenvalue weighted by Gasteiger charge is -2.16. The van der Waals surface area contributed by atoms with Crippen molar-refractivity contribution >= 4 is 11.0 Å². The predicted octanol–water partition coefficient (Wildman–Crippen LogP) is 4.61. The number of aromatic amines is 2. The number of aromatic nitrogens is 3. The van der Waals surface area contributed by atoms with Crippen molar-refractivity contribution in [1.82, 2.24) is 15.2 Å². The summed E-state index contributed by atoms with van der Waals surface area (Å²) in [5.41, 5.74) is -0.0624. The van der Waals surface area contributed by atoms with Gasteiger partial charge in [0.2, 0.25) is 5.56 Å². The van der Waals surface area contributed by atoms with Crippen molar-refractivity contribution in [3.8, 4) is 34.4 Å². The van der Waals surface area contributed by atoms with E-state index in [0.29, 0.717) is 22.2 Å².